The monoisotopic (exact) mass is 352 g/mol. The lowest BCUT2D eigenvalue weighted by molar-refractivity contribution is -0.198. The third kappa shape index (κ3) is 5.31. The maximum absolute atomic E-state index is 6.17. The van der Waals surface area contributed by atoms with Gasteiger partial charge in [-0.15, -0.1) is 0 Å². The van der Waals surface area contributed by atoms with E-state index in [1.807, 2.05) is 20.8 Å². The molecule has 0 radical (unpaired) electrons. The number of fused-ring (bicyclic) bond motifs is 1. The molecule has 1 aromatic carbocycles. The Morgan fingerprint density at radius 3 is 2.50 bits per heavy atom. The number of hydrogen-bond donors (Lipinski definition) is 0. The second-order valence-corrected chi connectivity index (χ2v) is 8.44. The highest BCUT2D eigenvalue weighted by Gasteiger charge is 2.32. The van der Waals surface area contributed by atoms with Gasteiger partial charge >= 0.3 is 9.28 Å². The van der Waals surface area contributed by atoms with Crippen LogP contribution in [0.25, 0.3) is 0 Å². The molecule has 0 N–H and O–H groups in total. The summed E-state index contributed by atoms with van der Waals surface area (Å²) >= 11 is 0. The van der Waals surface area contributed by atoms with Gasteiger partial charge in [-0.2, -0.15) is 0 Å². The molecule has 1 aliphatic heterocycles. The Bertz CT molecular complexity index is 502. The lowest BCUT2D eigenvalue weighted by atomic mass is 10.1. The molecular weight excluding hydrogens is 320 g/mol. The van der Waals surface area contributed by atoms with E-state index in [2.05, 4.69) is 25.1 Å². The van der Waals surface area contributed by atoms with Gasteiger partial charge in [-0.3, -0.25) is 0 Å². The van der Waals surface area contributed by atoms with Crippen LogP contribution in [-0.2, 0) is 20.2 Å². The maximum Gasteiger partial charge on any atom is 0.355 e. The van der Waals surface area contributed by atoms with E-state index in [4.69, 9.17) is 18.3 Å². The SMILES string of the molecule is CCCCCCC1(C)OCc2cc([SiH](OCC)OCC)ccc2O1. The molecule has 2 rings (SSSR count). The number of unbranched alkanes of at least 4 members (excludes halogenated alkanes) is 3. The predicted molar refractivity (Wildman–Crippen MR) is 99.1 cm³/mol. The van der Waals surface area contributed by atoms with E-state index in [1.165, 1.54) is 19.3 Å². The van der Waals surface area contributed by atoms with Crippen molar-refractivity contribution >= 4 is 14.5 Å². The highest BCUT2D eigenvalue weighted by Crippen LogP contribution is 2.33. The topological polar surface area (TPSA) is 36.9 Å². The largest absolute Gasteiger partial charge is 0.462 e. The molecule has 5 heteroatoms. The third-order valence-electron chi connectivity index (χ3n) is 4.34. The average Bonchev–Trinajstić information content (AvgIpc) is 2.58. The van der Waals surface area contributed by atoms with Crippen LogP contribution in [0.15, 0.2) is 18.2 Å². The fourth-order valence-corrected chi connectivity index (χ4v) is 4.67. The van der Waals surface area contributed by atoms with E-state index in [0.717, 1.165) is 29.3 Å². The number of ether oxygens (including phenoxy) is 2. The zero-order valence-electron chi connectivity index (χ0n) is 15.6. The van der Waals surface area contributed by atoms with Crippen LogP contribution in [0.4, 0.5) is 0 Å². The van der Waals surface area contributed by atoms with Gasteiger partial charge in [0, 0.05) is 32.1 Å². The summed E-state index contributed by atoms with van der Waals surface area (Å²) in [4.78, 5) is 0. The van der Waals surface area contributed by atoms with Gasteiger partial charge in [0.2, 0.25) is 5.79 Å². The second-order valence-electron chi connectivity index (χ2n) is 6.44. The van der Waals surface area contributed by atoms with Crippen LogP contribution in [0, 0.1) is 0 Å². The first kappa shape index (κ1) is 19.4. The van der Waals surface area contributed by atoms with Gasteiger partial charge in [-0.1, -0.05) is 32.3 Å². The van der Waals surface area contributed by atoms with E-state index in [0.29, 0.717) is 19.8 Å². The van der Waals surface area contributed by atoms with Crippen molar-refractivity contribution in [3.63, 3.8) is 0 Å². The van der Waals surface area contributed by atoms with Crippen molar-refractivity contribution in [1.29, 1.82) is 0 Å². The van der Waals surface area contributed by atoms with Crippen molar-refractivity contribution in [3.05, 3.63) is 23.8 Å². The first-order chi connectivity index (χ1) is 11.6. The molecular formula is C19H32O4Si. The molecule has 1 unspecified atom stereocenters. The summed E-state index contributed by atoms with van der Waals surface area (Å²) in [5.74, 6) is 0.433. The minimum atomic E-state index is -1.81. The first-order valence-corrected chi connectivity index (χ1v) is 10.8. The van der Waals surface area contributed by atoms with Crippen LogP contribution >= 0.6 is 0 Å². The van der Waals surface area contributed by atoms with Crippen LogP contribution in [-0.4, -0.2) is 28.3 Å². The summed E-state index contributed by atoms with van der Waals surface area (Å²) in [6.45, 7) is 10.2. The van der Waals surface area contributed by atoms with Crippen LogP contribution in [0.2, 0.25) is 0 Å². The van der Waals surface area contributed by atoms with E-state index >= 15 is 0 Å². The van der Waals surface area contributed by atoms with Crippen molar-refractivity contribution in [2.75, 3.05) is 13.2 Å². The molecule has 1 heterocycles. The van der Waals surface area contributed by atoms with E-state index < -0.39 is 15.1 Å². The van der Waals surface area contributed by atoms with Crippen LogP contribution < -0.4 is 9.92 Å². The quantitative estimate of drug-likeness (QED) is 0.474. The molecule has 1 aliphatic rings. The molecule has 0 fully saturated rings. The van der Waals surface area contributed by atoms with E-state index in [9.17, 15) is 0 Å². The maximum atomic E-state index is 6.17. The highest BCUT2D eigenvalue weighted by atomic mass is 28.3. The van der Waals surface area contributed by atoms with Crippen molar-refractivity contribution in [3.8, 4) is 5.75 Å². The molecule has 0 saturated carbocycles. The zero-order valence-corrected chi connectivity index (χ0v) is 16.8. The van der Waals surface area contributed by atoms with Gasteiger partial charge in [-0.05, 0) is 37.6 Å². The number of hydrogen-bond acceptors (Lipinski definition) is 4. The first-order valence-electron chi connectivity index (χ1n) is 9.30. The molecule has 0 amide bonds. The smallest absolute Gasteiger partial charge is 0.355 e. The molecule has 136 valence electrons. The second kappa shape index (κ2) is 9.56. The summed E-state index contributed by atoms with van der Waals surface area (Å²) < 4.78 is 23.8. The fourth-order valence-electron chi connectivity index (χ4n) is 2.99. The standard InChI is InChI=1S/C19H32O4Si/c1-5-8-9-10-13-19(4)20-15-16-14-17(11-12-18(16)23-19)24(21-6-2)22-7-3/h11-12,14,24H,5-10,13,15H2,1-4H3. The highest BCUT2D eigenvalue weighted by molar-refractivity contribution is 6.61. The normalized spacial score (nSPS) is 20.0. The third-order valence-corrected chi connectivity index (χ3v) is 6.51. The molecule has 1 atom stereocenters. The van der Waals surface area contributed by atoms with Crippen molar-refractivity contribution < 1.29 is 18.3 Å². The van der Waals surface area contributed by atoms with Crippen molar-refractivity contribution in [2.24, 2.45) is 0 Å². The summed E-state index contributed by atoms with van der Waals surface area (Å²) in [5.41, 5.74) is 1.09. The Morgan fingerprint density at radius 2 is 1.83 bits per heavy atom. The Morgan fingerprint density at radius 1 is 1.08 bits per heavy atom. The van der Waals surface area contributed by atoms with E-state index in [1.54, 1.807) is 0 Å². The Labute approximate surface area is 148 Å². The average molecular weight is 353 g/mol. The molecule has 0 bridgehead atoms. The summed E-state index contributed by atoms with van der Waals surface area (Å²) in [6.07, 6.45) is 5.83. The Balaban J connectivity index is 2.02. The summed E-state index contributed by atoms with van der Waals surface area (Å²) in [5, 5.41) is 1.15. The number of benzene rings is 1. The molecule has 4 nitrogen and oxygen atoms in total. The molecule has 1 aromatic rings. The lowest BCUT2D eigenvalue weighted by Crippen LogP contribution is -2.41. The predicted octanol–water partition coefficient (Wildman–Crippen LogP) is 3.78. The summed E-state index contributed by atoms with van der Waals surface area (Å²) in [7, 11) is -1.81. The zero-order chi connectivity index (χ0) is 17.4. The van der Waals surface area contributed by atoms with E-state index in [-0.39, 0.29) is 0 Å². The Hall–Kier alpha value is -0.883. The van der Waals surface area contributed by atoms with Gasteiger partial charge in [-0.25, -0.2) is 0 Å². The van der Waals surface area contributed by atoms with Gasteiger partial charge < -0.3 is 18.3 Å². The minimum absolute atomic E-state index is 0.501. The molecule has 0 aromatic heterocycles. The Kier molecular flexibility index (Phi) is 7.75. The lowest BCUT2D eigenvalue weighted by Gasteiger charge is -2.36. The van der Waals surface area contributed by atoms with Gasteiger partial charge in [0.05, 0.1) is 6.61 Å². The fraction of sp³-hybridized carbons (Fsp3) is 0.684. The van der Waals surface area contributed by atoms with Gasteiger partial charge in [0.1, 0.15) is 5.75 Å². The summed E-state index contributed by atoms with van der Waals surface area (Å²) in [6, 6.07) is 6.27. The minimum Gasteiger partial charge on any atom is -0.462 e. The van der Waals surface area contributed by atoms with Gasteiger partial charge in [0.25, 0.3) is 0 Å². The van der Waals surface area contributed by atoms with Crippen LogP contribution in [0.3, 0.4) is 0 Å². The molecule has 0 saturated heterocycles. The molecule has 24 heavy (non-hydrogen) atoms. The van der Waals surface area contributed by atoms with Crippen molar-refractivity contribution in [1.82, 2.24) is 0 Å². The molecule has 0 spiro atoms. The van der Waals surface area contributed by atoms with Crippen LogP contribution in [0.5, 0.6) is 5.75 Å². The van der Waals surface area contributed by atoms with Crippen molar-refractivity contribution in [2.45, 2.75) is 72.2 Å². The van der Waals surface area contributed by atoms with Gasteiger partial charge in [0.15, 0.2) is 0 Å². The molecule has 0 aliphatic carbocycles. The number of rotatable bonds is 10. The van der Waals surface area contributed by atoms with Crippen LogP contribution in [0.1, 0.15) is 65.4 Å².